The Labute approximate surface area is 104 Å². The topological polar surface area (TPSA) is 66.4 Å². The van der Waals surface area contributed by atoms with Gasteiger partial charge in [-0.05, 0) is 18.8 Å². The summed E-state index contributed by atoms with van der Waals surface area (Å²) in [5, 5.41) is 11.6. The van der Waals surface area contributed by atoms with E-state index in [0.717, 1.165) is 19.3 Å². The molecule has 2 N–H and O–H groups in total. The Balaban J connectivity index is 4.25. The van der Waals surface area contributed by atoms with Crippen molar-refractivity contribution in [3.63, 3.8) is 0 Å². The third-order valence-corrected chi connectivity index (χ3v) is 2.76. The number of rotatable bonds is 8. The number of carbonyl (C=O) groups is 2. The number of carboxylic acids is 1. The predicted octanol–water partition coefficient (Wildman–Crippen LogP) is 2.43. The fourth-order valence-electron chi connectivity index (χ4n) is 1.65. The first-order valence-electron chi connectivity index (χ1n) is 6.41. The van der Waals surface area contributed by atoms with E-state index < -0.39 is 12.0 Å². The molecule has 0 aromatic carbocycles. The molecule has 0 fully saturated rings. The molecule has 0 rings (SSSR count). The van der Waals surface area contributed by atoms with Gasteiger partial charge in [0.05, 0.1) is 0 Å². The summed E-state index contributed by atoms with van der Waals surface area (Å²) in [5.41, 5.74) is 0. The van der Waals surface area contributed by atoms with Crippen LogP contribution in [0.5, 0.6) is 0 Å². The molecule has 0 aromatic heterocycles. The van der Waals surface area contributed by atoms with Crippen LogP contribution in [0.3, 0.4) is 0 Å². The van der Waals surface area contributed by atoms with E-state index >= 15 is 0 Å². The van der Waals surface area contributed by atoms with Crippen molar-refractivity contribution < 1.29 is 14.7 Å². The van der Waals surface area contributed by atoms with Crippen molar-refractivity contribution in [3.05, 3.63) is 0 Å². The highest BCUT2D eigenvalue weighted by molar-refractivity contribution is 5.84. The van der Waals surface area contributed by atoms with E-state index in [0.29, 0.717) is 6.42 Å². The zero-order valence-corrected chi connectivity index (χ0v) is 11.3. The van der Waals surface area contributed by atoms with Crippen LogP contribution in [0.25, 0.3) is 0 Å². The van der Waals surface area contributed by atoms with Gasteiger partial charge in [0.1, 0.15) is 6.04 Å². The van der Waals surface area contributed by atoms with Gasteiger partial charge in [-0.15, -0.1) is 0 Å². The summed E-state index contributed by atoms with van der Waals surface area (Å²) in [4.78, 5) is 22.8. The second-order valence-electron chi connectivity index (χ2n) is 5.07. The fourth-order valence-corrected chi connectivity index (χ4v) is 1.65. The van der Waals surface area contributed by atoms with E-state index in [4.69, 9.17) is 5.11 Å². The van der Waals surface area contributed by atoms with Crippen LogP contribution in [0.15, 0.2) is 0 Å². The van der Waals surface area contributed by atoms with Crippen molar-refractivity contribution in [3.8, 4) is 0 Å². The van der Waals surface area contributed by atoms with Gasteiger partial charge in [-0.1, -0.05) is 40.5 Å². The van der Waals surface area contributed by atoms with Crippen LogP contribution >= 0.6 is 0 Å². The van der Waals surface area contributed by atoms with E-state index in [1.807, 2.05) is 20.8 Å². The molecular formula is C13H25NO3. The Morgan fingerprint density at radius 2 is 1.82 bits per heavy atom. The van der Waals surface area contributed by atoms with Gasteiger partial charge in [-0.2, -0.15) is 0 Å². The molecule has 0 spiro atoms. The van der Waals surface area contributed by atoms with Crippen molar-refractivity contribution in [1.29, 1.82) is 0 Å². The van der Waals surface area contributed by atoms with Crippen LogP contribution in [-0.4, -0.2) is 23.0 Å². The standard InChI is InChI=1S/C13H25NO3/c1-5-6-7-10(4)12(15)14-11(13(16)17)8-9(2)3/h9-11H,5-8H2,1-4H3,(H,14,15)(H,16,17)/t10?,11-/m0/s1. The van der Waals surface area contributed by atoms with Crippen LogP contribution < -0.4 is 5.32 Å². The average Bonchev–Trinajstić information content (AvgIpc) is 2.23. The molecule has 0 aliphatic rings. The maximum atomic E-state index is 11.8. The minimum atomic E-state index is -0.949. The molecule has 2 atom stereocenters. The second-order valence-corrected chi connectivity index (χ2v) is 5.07. The fraction of sp³-hybridized carbons (Fsp3) is 0.846. The van der Waals surface area contributed by atoms with Crippen molar-refractivity contribution in [2.75, 3.05) is 0 Å². The van der Waals surface area contributed by atoms with Crippen molar-refractivity contribution >= 4 is 11.9 Å². The second kappa shape index (κ2) is 8.09. The van der Waals surface area contributed by atoms with Gasteiger partial charge in [0.15, 0.2) is 0 Å². The van der Waals surface area contributed by atoms with Crippen LogP contribution in [0.1, 0.15) is 53.4 Å². The van der Waals surface area contributed by atoms with E-state index in [9.17, 15) is 9.59 Å². The number of hydrogen-bond donors (Lipinski definition) is 2. The zero-order chi connectivity index (χ0) is 13.4. The summed E-state index contributed by atoms with van der Waals surface area (Å²) < 4.78 is 0. The van der Waals surface area contributed by atoms with Gasteiger partial charge in [0, 0.05) is 5.92 Å². The minimum absolute atomic E-state index is 0.107. The molecule has 4 nitrogen and oxygen atoms in total. The summed E-state index contributed by atoms with van der Waals surface area (Å²) in [6, 6.07) is -0.758. The lowest BCUT2D eigenvalue weighted by Crippen LogP contribution is -2.43. The molecule has 0 aliphatic heterocycles. The third-order valence-electron chi connectivity index (χ3n) is 2.76. The molecule has 1 unspecified atom stereocenters. The maximum absolute atomic E-state index is 11.8. The SMILES string of the molecule is CCCCC(C)C(=O)N[C@@H](CC(C)C)C(=O)O. The maximum Gasteiger partial charge on any atom is 0.326 e. The molecule has 1 amide bonds. The normalized spacial score (nSPS) is 14.4. The van der Waals surface area contributed by atoms with Gasteiger partial charge in [-0.3, -0.25) is 4.79 Å². The first kappa shape index (κ1) is 15.9. The first-order chi connectivity index (χ1) is 7.88. The number of carboxylic acid groups (broad SMARTS) is 1. The molecule has 0 saturated heterocycles. The van der Waals surface area contributed by atoms with Crippen LogP contribution in [0.4, 0.5) is 0 Å². The Bertz CT molecular complexity index is 251. The van der Waals surface area contributed by atoms with Gasteiger partial charge in [0.25, 0.3) is 0 Å². The lowest BCUT2D eigenvalue weighted by atomic mass is 10.0. The number of carbonyl (C=O) groups excluding carboxylic acids is 1. The van der Waals surface area contributed by atoms with Crippen LogP contribution in [-0.2, 0) is 9.59 Å². The van der Waals surface area contributed by atoms with Crippen molar-refractivity contribution in [2.24, 2.45) is 11.8 Å². The van der Waals surface area contributed by atoms with E-state index in [1.165, 1.54) is 0 Å². The summed E-state index contributed by atoms with van der Waals surface area (Å²) in [5.74, 6) is -0.951. The Hall–Kier alpha value is -1.06. The van der Waals surface area contributed by atoms with E-state index in [-0.39, 0.29) is 17.7 Å². The Morgan fingerprint density at radius 3 is 2.24 bits per heavy atom. The number of hydrogen-bond acceptors (Lipinski definition) is 2. The highest BCUT2D eigenvalue weighted by atomic mass is 16.4. The average molecular weight is 243 g/mol. The van der Waals surface area contributed by atoms with E-state index in [2.05, 4.69) is 12.2 Å². The Kier molecular flexibility index (Phi) is 7.59. The van der Waals surface area contributed by atoms with Crippen LogP contribution in [0.2, 0.25) is 0 Å². The van der Waals surface area contributed by atoms with Gasteiger partial charge >= 0.3 is 5.97 Å². The lowest BCUT2D eigenvalue weighted by molar-refractivity contribution is -0.142. The van der Waals surface area contributed by atoms with Gasteiger partial charge in [-0.25, -0.2) is 4.79 Å². The minimum Gasteiger partial charge on any atom is -0.480 e. The monoisotopic (exact) mass is 243 g/mol. The molecule has 0 aliphatic carbocycles. The van der Waals surface area contributed by atoms with Crippen LogP contribution in [0, 0.1) is 11.8 Å². The quantitative estimate of drug-likeness (QED) is 0.688. The highest BCUT2D eigenvalue weighted by Gasteiger charge is 2.23. The lowest BCUT2D eigenvalue weighted by Gasteiger charge is -2.19. The number of aliphatic carboxylic acids is 1. The molecular weight excluding hydrogens is 218 g/mol. The predicted molar refractivity (Wildman–Crippen MR) is 67.7 cm³/mol. The van der Waals surface area contributed by atoms with Gasteiger partial charge in [0.2, 0.25) is 5.91 Å². The van der Waals surface area contributed by atoms with Crippen molar-refractivity contribution in [2.45, 2.75) is 59.4 Å². The number of unbranched alkanes of at least 4 members (excludes halogenated alkanes) is 1. The first-order valence-corrected chi connectivity index (χ1v) is 6.41. The summed E-state index contributed by atoms with van der Waals surface area (Å²) >= 11 is 0. The molecule has 0 radical (unpaired) electrons. The summed E-state index contributed by atoms with van der Waals surface area (Å²) in [6.07, 6.45) is 3.33. The molecule has 17 heavy (non-hydrogen) atoms. The number of amides is 1. The molecule has 0 saturated carbocycles. The van der Waals surface area contributed by atoms with E-state index in [1.54, 1.807) is 0 Å². The number of nitrogens with one attached hydrogen (secondary N) is 1. The molecule has 100 valence electrons. The largest absolute Gasteiger partial charge is 0.480 e. The molecule has 4 heteroatoms. The summed E-state index contributed by atoms with van der Waals surface area (Å²) in [7, 11) is 0. The molecule has 0 bridgehead atoms. The molecule has 0 heterocycles. The van der Waals surface area contributed by atoms with Crippen molar-refractivity contribution in [1.82, 2.24) is 5.32 Å². The third kappa shape index (κ3) is 6.97. The van der Waals surface area contributed by atoms with Gasteiger partial charge < -0.3 is 10.4 Å². The smallest absolute Gasteiger partial charge is 0.326 e. The zero-order valence-electron chi connectivity index (χ0n) is 11.3. The highest BCUT2D eigenvalue weighted by Crippen LogP contribution is 2.10. The summed E-state index contributed by atoms with van der Waals surface area (Å²) in [6.45, 7) is 7.81. The molecule has 0 aromatic rings. The Morgan fingerprint density at radius 1 is 1.24 bits per heavy atom.